The van der Waals surface area contributed by atoms with Crippen LogP contribution < -0.4 is 5.48 Å². The molecule has 0 unspecified atom stereocenters. The van der Waals surface area contributed by atoms with Crippen molar-refractivity contribution in [3.63, 3.8) is 0 Å². The third-order valence-corrected chi connectivity index (χ3v) is 4.71. The lowest BCUT2D eigenvalue weighted by atomic mass is 10.1. The highest BCUT2D eigenvalue weighted by Gasteiger charge is 2.44. The number of rotatable bonds is 3. The summed E-state index contributed by atoms with van der Waals surface area (Å²) in [5.74, 6) is -1.23. The fraction of sp³-hybridized carbons (Fsp3) is 0.417. The molecule has 1 aromatic carbocycles. The summed E-state index contributed by atoms with van der Waals surface area (Å²) in [5.41, 5.74) is 2.11. The lowest BCUT2D eigenvalue weighted by molar-refractivity contribution is 0.0535. The third-order valence-electron chi connectivity index (χ3n) is 3.07. The molecule has 1 fully saturated rings. The molecule has 1 aliphatic heterocycles. The summed E-state index contributed by atoms with van der Waals surface area (Å²) in [6, 6.07) is 3.73. The first-order chi connectivity index (χ1) is 8.86. The van der Waals surface area contributed by atoms with Gasteiger partial charge in [-0.3, -0.25) is 0 Å². The van der Waals surface area contributed by atoms with Gasteiger partial charge in [0.05, 0.1) is 11.3 Å². The number of nitrogens with zero attached hydrogens (tertiary/aromatic N) is 1. The zero-order valence-corrected chi connectivity index (χ0v) is 12.1. The molecule has 1 saturated heterocycles. The monoisotopic (exact) mass is 304 g/mol. The number of thioether (sulfide) groups is 1. The van der Waals surface area contributed by atoms with Crippen LogP contribution in [0, 0.1) is 11.6 Å². The molecular weight excluding hydrogens is 290 g/mol. The lowest BCUT2D eigenvalue weighted by Crippen LogP contribution is -2.49. The Labute approximate surface area is 119 Å². The molecule has 1 aliphatic rings. The molecule has 0 bridgehead atoms. The van der Waals surface area contributed by atoms with Crippen LogP contribution in [0.5, 0.6) is 0 Å². The minimum atomic E-state index is -0.616. The molecule has 1 aromatic rings. The van der Waals surface area contributed by atoms with Crippen molar-refractivity contribution < 1.29 is 14.0 Å². The largest absolute Gasteiger partial charge is 0.334 e. The Kier molecular flexibility index (Phi) is 4.10. The summed E-state index contributed by atoms with van der Waals surface area (Å²) in [6.45, 7) is 3.77. The topological polar surface area (TPSA) is 35.5 Å². The maximum atomic E-state index is 13.7. The summed E-state index contributed by atoms with van der Waals surface area (Å²) in [6.07, 6.45) is -0.496. The first kappa shape index (κ1) is 14.6. The first-order valence-electron chi connectivity index (χ1n) is 5.69. The maximum absolute atomic E-state index is 13.7. The molecule has 0 saturated carbocycles. The van der Waals surface area contributed by atoms with E-state index in [1.807, 2.05) is 13.8 Å². The number of hydroxylamine groups is 1. The van der Waals surface area contributed by atoms with E-state index in [9.17, 15) is 14.0 Å². The zero-order valence-electron chi connectivity index (χ0n) is 10.5. The average Bonchev–Trinajstić information content (AvgIpc) is 2.52. The van der Waals surface area contributed by atoms with Gasteiger partial charge >= 0.3 is 0 Å². The Morgan fingerprint density at radius 3 is 2.53 bits per heavy atom. The van der Waals surface area contributed by atoms with Crippen LogP contribution in [0.2, 0.25) is 0 Å². The minimum Gasteiger partial charge on any atom is -0.334 e. The SMILES string of the molecule is CC1(C)SC(=S)N(Cc2c(F)cccc2F)[C@H]1NO. The van der Waals surface area contributed by atoms with E-state index in [-0.39, 0.29) is 16.9 Å². The Hall–Kier alpha value is -0.760. The normalized spacial score (nSPS) is 22.1. The molecule has 2 N–H and O–H groups in total. The van der Waals surface area contributed by atoms with E-state index in [4.69, 9.17) is 12.2 Å². The molecule has 2 rings (SSSR count). The van der Waals surface area contributed by atoms with Crippen LogP contribution in [0.4, 0.5) is 8.78 Å². The van der Waals surface area contributed by atoms with Crippen LogP contribution in [0.15, 0.2) is 18.2 Å². The van der Waals surface area contributed by atoms with Crippen molar-refractivity contribution in [2.45, 2.75) is 31.3 Å². The van der Waals surface area contributed by atoms with Gasteiger partial charge in [-0.05, 0) is 26.0 Å². The standard InChI is InChI=1S/C12H14F2N2OS2/c1-12(2)10(15-17)16(11(18)19-12)6-7-8(13)4-3-5-9(7)14/h3-5,10,15,17H,6H2,1-2H3/t10-/m1/s1. The number of hydrogen-bond acceptors (Lipinski definition) is 4. The fourth-order valence-corrected chi connectivity index (χ4v) is 3.90. The Morgan fingerprint density at radius 1 is 1.42 bits per heavy atom. The fourth-order valence-electron chi connectivity index (χ4n) is 2.05. The molecule has 3 nitrogen and oxygen atoms in total. The molecule has 104 valence electrons. The van der Waals surface area contributed by atoms with Crippen molar-refractivity contribution in [3.05, 3.63) is 35.4 Å². The van der Waals surface area contributed by atoms with Gasteiger partial charge in [0.25, 0.3) is 0 Å². The second-order valence-electron chi connectivity index (χ2n) is 4.83. The van der Waals surface area contributed by atoms with Crippen LogP contribution >= 0.6 is 24.0 Å². The number of nitrogens with one attached hydrogen (secondary N) is 1. The molecule has 1 atom stereocenters. The lowest BCUT2D eigenvalue weighted by Gasteiger charge is -2.30. The summed E-state index contributed by atoms with van der Waals surface area (Å²) in [7, 11) is 0. The van der Waals surface area contributed by atoms with E-state index in [1.165, 1.54) is 30.0 Å². The summed E-state index contributed by atoms with van der Waals surface area (Å²) in [4.78, 5) is 1.58. The molecule has 7 heteroatoms. The van der Waals surface area contributed by atoms with Gasteiger partial charge in [-0.15, -0.1) is 0 Å². The molecule has 0 radical (unpaired) electrons. The summed E-state index contributed by atoms with van der Waals surface area (Å²) >= 11 is 6.60. The number of benzene rings is 1. The van der Waals surface area contributed by atoms with Crippen molar-refractivity contribution >= 4 is 28.3 Å². The minimum absolute atomic E-state index is 0.0218. The number of thiocarbonyl (C=S) groups is 1. The maximum Gasteiger partial charge on any atom is 0.138 e. The highest BCUT2D eigenvalue weighted by Crippen LogP contribution is 2.40. The third kappa shape index (κ3) is 2.74. The van der Waals surface area contributed by atoms with E-state index >= 15 is 0 Å². The van der Waals surface area contributed by atoms with Gasteiger partial charge in [0.1, 0.15) is 22.1 Å². The van der Waals surface area contributed by atoms with Crippen molar-refractivity contribution in [2.75, 3.05) is 0 Å². The predicted octanol–water partition coefficient (Wildman–Crippen LogP) is 2.88. The average molecular weight is 304 g/mol. The predicted molar refractivity (Wildman–Crippen MR) is 74.9 cm³/mol. The van der Waals surface area contributed by atoms with E-state index < -0.39 is 17.8 Å². The van der Waals surface area contributed by atoms with Gasteiger partial charge in [-0.2, -0.15) is 5.48 Å². The molecule has 19 heavy (non-hydrogen) atoms. The number of hydrogen-bond donors (Lipinski definition) is 2. The second kappa shape index (κ2) is 5.32. The Bertz CT molecular complexity index is 490. The number of halogens is 2. The Morgan fingerprint density at radius 2 is 2.00 bits per heavy atom. The highest BCUT2D eigenvalue weighted by atomic mass is 32.2. The molecular formula is C12H14F2N2OS2. The van der Waals surface area contributed by atoms with E-state index in [2.05, 4.69) is 5.48 Å². The molecule has 0 aliphatic carbocycles. The van der Waals surface area contributed by atoms with E-state index in [0.717, 1.165) is 0 Å². The first-order valence-corrected chi connectivity index (χ1v) is 6.91. The second-order valence-corrected chi connectivity index (χ2v) is 7.12. The molecule has 1 heterocycles. The van der Waals surface area contributed by atoms with Crippen LogP contribution in [0.1, 0.15) is 19.4 Å². The van der Waals surface area contributed by atoms with Gasteiger partial charge in [-0.25, -0.2) is 8.78 Å². The van der Waals surface area contributed by atoms with Crippen molar-refractivity contribution in [2.24, 2.45) is 0 Å². The van der Waals surface area contributed by atoms with E-state index in [1.54, 1.807) is 4.90 Å². The van der Waals surface area contributed by atoms with Gasteiger partial charge in [0.15, 0.2) is 0 Å². The summed E-state index contributed by atoms with van der Waals surface area (Å²) < 4.78 is 27.4. The van der Waals surface area contributed by atoms with Gasteiger partial charge in [-0.1, -0.05) is 30.0 Å². The van der Waals surface area contributed by atoms with Crippen LogP contribution in [-0.2, 0) is 6.54 Å². The van der Waals surface area contributed by atoms with Crippen LogP contribution in [0.25, 0.3) is 0 Å². The quantitative estimate of drug-likeness (QED) is 0.663. The van der Waals surface area contributed by atoms with Crippen molar-refractivity contribution in [1.29, 1.82) is 0 Å². The molecule has 0 aromatic heterocycles. The van der Waals surface area contributed by atoms with Gasteiger partial charge in [0.2, 0.25) is 0 Å². The Balaban J connectivity index is 2.30. The van der Waals surface area contributed by atoms with Gasteiger partial charge < -0.3 is 10.1 Å². The summed E-state index contributed by atoms with van der Waals surface area (Å²) in [5, 5.41) is 9.25. The highest BCUT2D eigenvalue weighted by molar-refractivity contribution is 8.24. The van der Waals surface area contributed by atoms with Crippen LogP contribution in [-0.4, -0.2) is 25.3 Å². The van der Waals surface area contributed by atoms with Crippen molar-refractivity contribution in [1.82, 2.24) is 10.4 Å². The molecule has 0 spiro atoms. The zero-order chi connectivity index (χ0) is 14.2. The van der Waals surface area contributed by atoms with Crippen LogP contribution in [0.3, 0.4) is 0 Å². The van der Waals surface area contributed by atoms with E-state index in [0.29, 0.717) is 4.32 Å². The molecule has 0 amide bonds. The van der Waals surface area contributed by atoms with Crippen molar-refractivity contribution in [3.8, 4) is 0 Å². The smallest absolute Gasteiger partial charge is 0.138 e. The van der Waals surface area contributed by atoms with Gasteiger partial charge in [0, 0.05) is 5.56 Å².